The van der Waals surface area contributed by atoms with Crippen LogP contribution in [0.15, 0.2) is 34.9 Å². The average molecular weight is 341 g/mol. The quantitative estimate of drug-likeness (QED) is 0.906. The maximum absolute atomic E-state index is 12.5. The molecule has 0 bridgehead atoms. The van der Waals surface area contributed by atoms with Gasteiger partial charge in [-0.2, -0.15) is 0 Å². The van der Waals surface area contributed by atoms with Crippen LogP contribution < -0.4 is 10.1 Å². The standard InChI is InChI=1S/C19H23N3O3/c1-12-10-17(25-21-12)19(23)20-16-8-9-22(14-6-7-14)18(16)13-4-3-5-15(11-13)24-2/h3-5,10-11,14,16,18H,6-9H2,1-2H3,(H,20,23). The Bertz CT molecular complexity index is 769. The molecule has 1 saturated heterocycles. The third kappa shape index (κ3) is 3.26. The number of amides is 1. The topological polar surface area (TPSA) is 67.6 Å². The molecule has 2 heterocycles. The van der Waals surface area contributed by atoms with Gasteiger partial charge < -0.3 is 14.6 Å². The fraction of sp³-hybridized carbons (Fsp3) is 0.474. The first-order valence-electron chi connectivity index (χ1n) is 8.79. The average Bonchev–Trinajstić information content (AvgIpc) is 3.24. The summed E-state index contributed by atoms with van der Waals surface area (Å²) in [7, 11) is 1.68. The van der Waals surface area contributed by atoms with Crippen LogP contribution in [0.5, 0.6) is 5.75 Å². The molecule has 1 amide bonds. The number of hydrogen-bond acceptors (Lipinski definition) is 5. The summed E-state index contributed by atoms with van der Waals surface area (Å²) in [6.07, 6.45) is 3.40. The van der Waals surface area contributed by atoms with Crippen LogP contribution in [0.2, 0.25) is 0 Å². The molecule has 25 heavy (non-hydrogen) atoms. The fourth-order valence-corrected chi connectivity index (χ4v) is 3.74. The Morgan fingerprint density at radius 1 is 1.32 bits per heavy atom. The van der Waals surface area contributed by atoms with Gasteiger partial charge in [0.2, 0.25) is 5.76 Å². The number of aryl methyl sites for hydroxylation is 1. The van der Waals surface area contributed by atoms with Crippen LogP contribution in [0.25, 0.3) is 0 Å². The number of nitrogens with zero attached hydrogens (tertiary/aromatic N) is 2. The first-order chi connectivity index (χ1) is 12.2. The molecule has 1 aromatic carbocycles. The van der Waals surface area contributed by atoms with Crippen molar-refractivity contribution >= 4 is 5.91 Å². The van der Waals surface area contributed by atoms with E-state index in [-0.39, 0.29) is 23.8 Å². The summed E-state index contributed by atoms with van der Waals surface area (Å²) in [6, 6.07) is 10.7. The zero-order chi connectivity index (χ0) is 17.4. The van der Waals surface area contributed by atoms with E-state index in [9.17, 15) is 4.79 Å². The molecule has 1 aromatic heterocycles. The maximum Gasteiger partial charge on any atom is 0.290 e. The van der Waals surface area contributed by atoms with Gasteiger partial charge in [0, 0.05) is 18.7 Å². The lowest BCUT2D eigenvalue weighted by Crippen LogP contribution is -2.40. The normalized spacial score (nSPS) is 23.6. The Morgan fingerprint density at radius 3 is 2.84 bits per heavy atom. The van der Waals surface area contributed by atoms with Gasteiger partial charge in [-0.3, -0.25) is 9.69 Å². The van der Waals surface area contributed by atoms with Crippen molar-refractivity contribution in [3.8, 4) is 5.75 Å². The van der Waals surface area contributed by atoms with E-state index in [1.54, 1.807) is 13.2 Å². The second kappa shape index (κ2) is 6.52. The summed E-state index contributed by atoms with van der Waals surface area (Å²) < 4.78 is 10.5. The van der Waals surface area contributed by atoms with E-state index in [2.05, 4.69) is 27.5 Å². The molecule has 1 aliphatic carbocycles. The molecule has 2 unspecified atom stereocenters. The highest BCUT2D eigenvalue weighted by atomic mass is 16.5. The molecule has 0 radical (unpaired) electrons. The lowest BCUT2D eigenvalue weighted by atomic mass is 9.99. The lowest BCUT2D eigenvalue weighted by Gasteiger charge is -2.29. The predicted molar refractivity (Wildman–Crippen MR) is 92.6 cm³/mol. The van der Waals surface area contributed by atoms with Crippen molar-refractivity contribution < 1.29 is 14.1 Å². The summed E-state index contributed by atoms with van der Waals surface area (Å²) in [6.45, 7) is 2.80. The molecule has 1 saturated carbocycles. The van der Waals surface area contributed by atoms with Crippen molar-refractivity contribution in [1.82, 2.24) is 15.4 Å². The van der Waals surface area contributed by atoms with Crippen LogP contribution in [-0.2, 0) is 0 Å². The highest BCUT2D eigenvalue weighted by Gasteiger charge is 2.43. The Hall–Kier alpha value is -2.34. The molecule has 4 rings (SSSR count). The fourth-order valence-electron chi connectivity index (χ4n) is 3.74. The minimum atomic E-state index is -0.198. The molecule has 2 aromatic rings. The Morgan fingerprint density at radius 2 is 2.16 bits per heavy atom. The highest BCUT2D eigenvalue weighted by molar-refractivity contribution is 5.91. The van der Waals surface area contributed by atoms with Crippen LogP contribution in [0.3, 0.4) is 0 Å². The van der Waals surface area contributed by atoms with E-state index in [0.29, 0.717) is 11.7 Å². The lowest BCUT2D eigenvalue weighted by molar-refractivity contribution is 0.0886. The van der Waals surface area contributed by atoms with Crippen LogP contribution in [0.4, 0.5) is 0 Å². The number of carbonyl (C=O) groups is 1. The number of hydrogen-bond donors (Lipinski definition) is 1. The molecule has 0 spiro atoms. The van der Waals surface area contributed by atoms with E-state index >= 15 is 0 Å². The number of aromatic nitrogens is 1. The zero-order valence-corrected chi connectivity index (χ0v) is 14.6. The number of rotatable bonds is 5. The van der Waals surface area contributed by atoms with Crippen LogP contribution in [0.1, 0.15) is 47.1 Å². The predicted octanol–water partition coefficient (Wildman–Crippen LogP) is 2.70. The summed E-state index contributed by atoms with van der Waals surface area (Å²) in [5, 5.41) is 6.95. The third-order valence-corrected chi connectivity index (χ3v) is 5.06. The number of benzene rings is 1. The molecule has 2 atom stereocenters. The van der Waals surface area contributed by atoms with E-state index in [0.717, 1.165) is 18.7 Å². The van der Waals surface area contributed by atoms with Gasteiger partial charge in [0.1, 0.15) is 5.75 Å². The smallest absolute Gasteiger partial charge is 0.290 e. The van der Waals surface area contributed by atoms with E-state index in [1.807, 2.05) is 19.1 Å². The van der Waals surface area contributed by atoms with Crippen molar-refractivity contribution in [3.05, 3.63) is 47.3 Å². The van der Waals surface area contributed by atoms with Crippen LogP contribution in [-0.4, -0.2) is 41.7 Å². The number of likely N-dealkylation sites (tertiary alicyclic amines) is 1. The summed E-state index contributed by atoms with van der Waals surface area (Å²) in [5.74, 6) is 0.916. The summed E-state index contributed by atoms with van der Waals surface area (Å²) in [4.78, 5) is 15.0. The first-order valence-corrected chi connectivity index (χ1v) is 8.79. The Balaban J connectivity index is 1.58. The van der Waals surface area contributed by atoms with Crippen molar-refractivity contribution in [1.29, 1.82) is 0 Å². The molecule has 1 aliphatic heterocycles. The Labute approximate surface area is 147 Å². The van der Waals surface area contributed by atoms with Crippen LogP contribution in [0, 0.1) is 6.92 Å². The van der Waals surface area contributed by atoms with Gasteiger partial charge in [0.05, 0.1) is 24.9 Å². The second-order valence-electron chi connectivity index (χ2n) is 6.89. The van der Waals surface area contributed by atoms with Crippen LogP contribution >= 0.6 is 0 Å². The Kier molecular flexibility index (Phi) is 4.21. The molecule has 6 heteroatoms. The van der Waals surface area contributed by atoms with Crippen molar-refractivity contribution in [2.24, 2.45) is 0 Å². The van der Waals surface area contributed by atoms with E-state index in [4.69, 9.17) is 9.26 Å². The third-order valence-electron chi connectivity index (χ3n) is 5.06. The molecular formula is C19H23N3O3. The molecular weight excluding hydrogens is 318 g/mol. The molecule has 1 N–H and O–H groups in total. The van der Waals surface area contributed by atoms with Crippen molar-refractivity contribution in [2.45, 2.75) is 44.3 Å². The van der Waals surface area contributed by atoms with Gasteiger partial charge in [-0.25, -0.2) is 0 Å². The van der Waals surface area contributed by atoms with Gasteiger partial charge in [0.25, 0.3) is 5.91 Å². The largest absolute Gasteiger partial charge is 0.497 e. The van der Waals surface area contributed by atoms with E-state index in [1.165, 1.54) is 18.4 Å². The highest BCUT2D eigenvalue weighted by Crippen LogP contribution is 2.41. The molecule has 6 nitrogen and oxygen atoms in total. The van der Waals surface area contributed by atoms with Crippen molar-refractivity contribution in [3.63, 3.8) is 0 Å². The minimum Gasteiger partial charge on any atom is -0.497 e. The molecule has 2 aliphatic rings. The molecule has 132 valence electrons. The first kappa shape index (κ1) is 16.1. The number of nitrogens with one attached hydrogen (secondary N) is 1. The second-order valence-corrected chi connectivity index (χ2v) is 6.89. The monoisotopic (exact) mass is 341 g/mol. The SMILES string of the molecule is COc1cccc(C2C(NC(=O)c3cc(C)no3)CCN2C2CC2)c1. The number of carbonyl (C=O) groups excluding carboxylic acids is 1. The van der Waals surface area contributed by atoms with Gasteiger partial charge >= 0.3 is 0 Å². The minimum absolute atomic E-state index is 0.0469. The van der Waals surface area contributed by atoms with Crippen molar-refractivity contribution in [2.75, 3.05) is 13.7 Å². The van der Waals surface area contributed by atoms with Gasteiger partial charge in [-0.05, 0) is 43.9 Å². The summed E-state index contributed by atoms with van der Waals surface area (Å²) >= 11 is 0. The molecule has 2 fully saturated rings. The maximum atomic E-state index is 12.5. The van der Waals surface area contributed by atoms with Gasteiger partial charge in [-0.15, -0.1) is 0 Å². The van der Waals surface area contributed by atoms with Gasteiger partial charge in [-0.1, -0.05) is 17.3 Å². The number of methoxy groups -OCH3 is 1. The van der Waals surface area contributed by atoms with Gasteiger partial charge in [0.15, 0.2) is 0 Å². The van der Waals surface area contributed by atoms with E-state index < -0.39 is 0 Å². The zero-order valence-electron chi connectivity index (χ0n) is 14.6. The summed E-state index contributed by atoms with van der Waals surface area (Å²) in [5.41, 5.74) is 1.89. The number of ether oxygens (including phenoxy) is 1.